The number of amides is 1. The van der Waals surface area contributed by atoms with Crippen LogP contribution in [0, 0.1) is 13.8 Å². The van der Waals surface area contributed by atoms with E-state index in [9.17, 15) is 4.79 Å². The summed E-state index contributed by atoms with van der Waals surface area (Å²) in [7, 11) is 0. The van der Waals surface area contributed by atoms with Crippen molar-refractivity contribution in [2.45, 2.75) is 13.8 Å². The molecule has 2 aromatic rings. The zero-order valence-electron chi connectivity index (χ0n) is 12.3. The molecule has 0 saturated heterocycles. The third-order valence-corrected chi connectivity index (χ3v) is 3.27. The molecule has 114 valence electrons. The number of hydrogen-bond acceptors (Lipinski definition) is 6. The van der Waals surface area contributed by atoms with Crippen molar-refractivity contribution < 1.29 is 18.7 Å². The zero-order valence-corrected chi connectivity index (χ0v) is 12.3. The van der Waals surface area contributed by atoms with Crippen molar-refractivity contribution >= 4 is 11.9 Å². The quantitative estimate of drug-likeness (QED) is 0.935. The molecule has 1 amide bonds. The van der Waals surface area contributed by atoms with Gasteiger partial charge in [-0.25, -0.2) is 0 Å². The standard InChI is InChI=1S/C15H15N3O4/c1-9-3-4-11(7-10(9)2)14-17-18-15(22-14)16-13(19)12-8-20-5-6-21-12/h3-4,7-8H,5-6H2,1-2H3,(H,16,18,19). The molecular formula is C15H15N3O4. The molecule has 0 saturated carbocycles. The third-order valence-electron chi connectivity index (χ3n) is 3.27. The average molecular weight is 301 g/mol. The summed E-state index contributed by atoms with van der Waals surface area (Å²) in [6, 6.07) is 5.83. The van der Waals surface area contributed by atoms with Crippen molar-refractivity contribution in [3.05, 3.63) is 41.3 Å². The van der Waals surface area contributed by atoms with Gasteiger partial charge >= 0.3 is 6.01 Å². The van der Waals surface area contributed by atoms with Gasteiger partial charge in [0.05, 0.1) is 0 Å². The number of nitrogens with zero attached hydrogens (tertiary/aromatic N) is 2. The minimum Gasteiger partial charge on any atom is -0.494 e. The molecule has 22 heavy (non-hydrogen) atoms. The van der Waals surface area contributed by atoms with E-state index in [1.54, 1.807) is 0 Å². The van der Waals surface area contributed by atoms with E-state index in [2.05, 4.69) is 15.5 Å². The van der Waals surface area contributed by atoms with E-state index in [-0.39, 0.29) is 11.8 Å². The molecule has 0 spiro atoms. The summed E-state index contributed by atoms with van der Waals surface area (Å²) in [4.78, 5) is 11.9. The number of ether oxygens (including phenoxy) is 2. The van der Waals surface area contributed by atoms with E-state index < -0.39 is 5.91 Å². The zero-order chi connectivity index (χ0) is 15.5. The molecule has 0 atom stereocenters. The number of nitrogens with one attached hydrogen (secondary N) is 1. The van der Waals surface area contributed by atoms with Crippen molar-refractivity contribution in [1.82, 2.24) is 10.2 Å². The number of carbonyl (C=O) groups is 1. The van der Waals surface area contributed by atoms with Crippen LogP contribution < -0.4 is 5.32 Å². The molecule has 1 N–H and O–H groups in total. The van der Waals surface area contributed by atoms with Gasteiger partial charge in [0.1, 0.15) is 19.5 Å². The molecule has 0 fully saturated rings. The first-order valence-corrected chi connectivity index (χ1v) is 6.80. The van der Waals surface area contributed by atoms with Crippen molar-refractivity contribution in [3.8, 4) is 11.5 Å². The number of anilines is 1. The van der Waals surface area contributed by atoms with Gasteiger partial charge in [-0.05, 0) is 37.1 Å². The summed E-state index contributed by atoms with van der Waals surface area (Å²) in [5.74, 6) is -0.0691. The molecule has 1 aromatic heterocycles. The summed E-state index contributed by atoms with van der Waals surface area (Å²) in [6.07, 6.45) is 1.26. The fraction of sp³-hybridized carbons (Fsp3) is 0.267. The molecule has 1 aromatic carbocycles. The summed E-state index contributed by atoms with van der Waals surface area (Å²) in [5, 5.41) is 10.2. The van der Waals surface area contributed by atoms with Gasteiger partial charge in [-0.1, -0.05) is 11.2 Å². The van der Waals surface area contributed by atoms with Crippen LogP contribution in [0.3, 0.4) is 0 Å². The molecular weight excluding hydrogens is 286 g/mol. The molecule has 1 aliphatic heterocycles. The van der Waals surface area contributed by atoms with E-state index in [0.717, 1.165) is 11.1 Å². The lowest BCUT2D eigenvalue weighted by atomic mass is 10.1. The Labute approximate surface area is 126 Å². The second-order valence-electron chi connectivity index (χ2n) is 4.87. The number of benzene rings is 1. The third kappa shape index (κ3) is 2.93. The Morgan fingerprint density at radius 1 is 1.18 bits per heavy atom. The predicted molar refractivity (Wildman–Crippen MR) is 77.8 cm³/mol. The van der Waals surface area contributed by atoms with E-state index in [1.165, 1.54) is 11.8 Å². The van der Waals surface area contributed by atoms with Gasteiger partial charge in [0.15, 0.2) is 0 Å². The summed E-state index contributed by atoms with van der Waals surface area (Å²) in [5.41, 5.74) is 3.10. The number of aromatic nitrogens is 2. The van der Waals surface area contributed by atoms with Crippen LogP contribution in [0.1, 0.15) is 11.1 Å². The van der Waals surface area contributed by atoms with E-state index >= 15 is 0 Å². The topological polar surface area (TPSA) is 86.5 Å². The van der Waals surface area contributed by atoms with Crippen LogP contribution in [0.25, 0.3) is 11.5 Å². The number of aryl methyl sites for hydroxylation is 2. The van der Waals surface area contributed by atoms with Crippen molar-refractivity contribution in [2.75, 3.05) is 18.5 Å². The molecule has 2 heterocycles. The maximum absolute atomic E-state index is 11.9. The molecule has 7 nitrogen and oxygen atoms in total. The van der Waals surface area contributed by atoms with Crippen molar-refractivity contribution in [1.29, 1.82) is 0 Å². The van der Waals surface area contributed by atoms with Crippen LogP contribution >= 0.6 is 0 Å². The lowest BCUT2D eigenvalue weighted by molar-refractivity contribution is -0.117. The molecule has 0 bridgehead atoms. The molecule has 3 rings (SSSR count). The van der Waals surface area contributed by atoms with E-state index in [1.807, 2.05) is 32.0 Å². The predicted octanol–water partition coefficient (Wildman–Crippen LogP) is 2.18. The number of rotatable bonds is 3. The van der Waals surface area contributed by atoms with Crippen LogP contribution in [-0.2, 0) is 14.3 Å². The van der Waals surface area contributed by atoms with Gasteiger partial charge in [-0.2, -0.15) is 0 Å². The van der Waals surface area contributed by atoms with Gasteiger partial charge < -0.3 is 13.9 Å². The lowest BCUT2D eigenvalue weighted by Crippen LogP contribution is -2.21. The maximum atomic E-state index is 11.9. The largest absolute Gasteiger partial charge is 0.494 e. The van der Waals surface area contributed by atoms with Gasteiger partial charge in [-0.3, -0.25) is 10.1 Å². The molecule has 0 unspecified atom stereocenters. The van der Waals surface area contributed by atoms with Gasteiger partial charge in [-0.15, -0.1) is 5.10 Å². The van der Waals surface area contributed by atoms with Gasteiger partial charge in [0.25, 0.3) is 5.91 Å². The Hall–Kier alpha value is -2.83. The Morgan fingerprint density at radius 3 is 2.77 bits per heavy atom. The van der Waals surface area contributed by atoms with Gasteiger partial charge in [0.2, 0.25) is 11.6 Å². The fourth-order valence-corrected chi connectivity index (χ4v) is 1.91. The second-order valence-corrected chi connectivity index (χ2v) is 4.87. The summed E-state index contributed by atoms with van der Waals surface area (Å²) >= 11 is 0. The van der Waals surface area contributed by atoms with Gasteiger partial charge in [0, 0.05) is 5.56 Å². The SMILES string of the molecule is Cc1ccc(-c2nnc(NC(=O)C3=COCCO3)o2)cc1C. The Balaban J connectivity index is 1.74. The van der Waals surface area contributed by atoms with Crippen LogP contribution in [0.4, 0.5) is 6.01 Å². The Morgan fingerprint density at radius 2 is 2.05 bits per heavy atom. The first-order chi connectivity index (χ1) is 10.6. The Bertz CT molecular complexity index is 736. The minimum absolute atomic E-state index is 0.00769. The minimum atomic E-state index is -0.491. The van der Waals surface area contributed by atoms with Crippen molar-refractivity contribution in [3.63, 3.8) is 0 Å². The van der Waals surface area contributed by atoms with Crippen molar-refractivity contribution in [2.24, 2.45) is 0 Å². The molecule has 0 aliphatic carbocycles. The highest BCUT2D eigenvalue weighted by Gasteiger charge is 2.18. The number of carbonyl (C=O) groups excluding carboxylic acids is 1. The molecule has 0 radical (unpaired) electrons. The highest BCUT2D eigenvalue weighted by Crippen LogP contribution is 2.22. The lowest BCUT2D eigenvalue weighted by Gasteiger charge is -2.13. The first-order valence-electron chi connectivity index (χ1n) is 6.80. The molecule has 1 aliphatic rings. The average Bonchev–Trinajstić information content (AvgIpc) is 2.99. The van der Waals surface area contributed by atoms with Crippen LogP contribution in [0.5, 0.6) is 0 Å². The maximum Gasteiger partial charge on any atom is 0.322 e. The smallest absolute Gasteiger partial charge is 0.322 e. The van der Waals surface area contributed by atoms with E-state index in [0.29, 0.717) is 19.1 Å². The van der Waals surface area contributed by atoms with Crippen LogP contribution in [-0.4, -0.2) is 29.3 Å². The Kier molecular flexibility index (Phi) is 3.78. The summed E-state index contributed by atoms with van der Waals surface area (Å²) in [6.45, 7) is 4.79. The highest BCUT2D eigenvalue weighted by atomic mass is 16.6. The first kappa shape index (κ1) is 14.1. The fourth-order valence-electron chi connectivity index (χ4n) is 1.91. The van der Waals surface area contributed by atoms with E-state index in [4.69, 9.17) is 13.9 Å². The summed E-state index contributed by atoms with van der Waals surface area (Å²) < 4.78 is 15.6. The molecule has 7 heteroatoms. The second kappa shape index (κ2) is 5.88. The highest BCUT2D eigenvalue weighted by molar-refractivity contribution is 6.00. The van der Waals surface area contributed by atoms with Crippen LogP contribution in [0.2, 0.25) is 0 Å². The van der Waals surface area contributed by atoms with Crippen LogP contribution in [0.15, 0.2) is 34.6 Å². The monoisotopic (exact) mass is 301 g/mol. The normalized spacial score (nSPS) is 13.8. The number of hydrogen-bond donors (Lipinski definition) is 1.